The van der Waals surface area contributed by atoms with Gasteiger partial charge in [-0.3, -0.25) is 9.36 Å². The summed E-state index contributed by atoms with van der Waals surface area (Å²) >= 11 is 0. The minimum Gasteiger partial charge on any atom is -0.435 e. The Morgan fingerprint density at radius 1 is 0.727 bits per heavy atom. The topological polar surface area (TPSA) is 55.4 Å². The van der Waals surface area contributed by atoms with Gasteiger partial charge in [0.15, 0.2) is 5.76 Å². The van der Waals surface area contributed by atoms with Crippen LogP contribution in [-0.4, -0.2) is 5.91 Å². The lowest BCUT2D eigenvalue weighted by atomic mass is 10.1. The molecule has 0 fully saturated rings. The summed E-state index contributed by atoms with van der Waals surface area (Å²) in [5.74, 6) is 0.0395. The van der Waals surface area contributed by atoms with Crippen LogP contribution in [0.1, 0.15) is 21.5 Å². The highest BCUT2D eigenvalue weighted by Crippen LogP contribution is 2.48. The van der Waals surface area contributed by atoms with E-state index in [0.29, 0.717) is 21.9 Å². The molecule has 33 heavy (non-hydrogen) atoms. The Morgan fingerprint density at radius 3 is 1.79 bits per heavy atom. The predicted octanol–water partition coefficient (Wildman–Crippen LogP) is 5.67. The van der Waals surface area contributed by atoms with E-state index in [0.717, 1.165) is 11.1 Å². The highest BCUT2D eigenvalue weighted by molar-refractivity contribution is 7.74. The second-order valence-electron chi connectivity index (χ2n) is 7.53. The van der Waals surface area contributed by atoms with Crippen molar-refractivity contribution in [2.24, 2.45) is 0 Å². The fraction of sp³-hybridized carbons (Fsp3) is 0.0357. The van der Waals surface area contributed by atoms with E-state index >= 15 is 0 Å². The molecule has 1 amide bonds. The van der Waals surface area contributed by atoms with Crippen LogP contribution in [0, 0.1) is 6.92 Å². The summed E-state index contributed by atoms with van der Waals surface area (Å²) < 4.78 is 20.8. The van der Waals surface area contributed by atoms with E-state index in [4.69, 9.17) is 4.52 Å². The molecule has 0 aliphatic heterocycles. The molecule has 0 aliphatic carbocycles. The number of aryl methyl sites for hydroxylation is 1. The third kappa shape index (κ3) is 5.31. The Kier molecular flexibility index (Phi) is 6.87. The van der Waals surface area contributed by atoms with Crippen molar-refractivity contribution in [3.8, 4) is 0 Å². The minimum atomic E-state index is -3.51. The van der Waals surface area contributed by atoms with Crippen LogP contribution >= 0.6 is 7.37 Å². The van der Waals surface area contributed by atoms with Crippen LogP contribution in [0.3, 0.4) is 0 Å². The molecular formula is C28H24NO3P. The van der Waals surface area contributed by atoms with Crippen molar-refractivity contribution in [2.75, 3.05) is 0 Å². The van der Waals surface area contributed by atoms with Gasteiger partial charge in [0.1, 0.15) is 0 Å². The smallest absolute Gasteiger partial charge is 0.306 e. The summed E-state index contributed by atoms with van der Waals surface area (Å²) in [6.07, 6.45) is 1.49. The van der Waals surface area contributed by atoms with E-state index < -0.39 is 7.37 Å². The Bertz CT molecular complexity index is 1260. The highest BCUT2D eigenvalue weighted by Gasteiger charge is 2.31. The Morgan fingerprint density at radius 2 is 1.24 bits per heavy atom. The van der Waals surface area contributed by atoms with E-state index in [1.807, 2.05) is 73.7 Å². The molecule has 0 heterocycles. The average molecular weight is 453 g/mol. The Hall–Kier alpha value is -3.88. The summed E-state index contributed by atoms with van der Waals surface area (Å²) in [6.45, 7) is 1.97. The van der Waals surface area contributed by atoms with Crippen LogP contribution in [0.4, 0.5) is 0 Å². The largest absolute Gasteiger partial charge is 0.435 e. The van der Waals surface area contributed by atoms with Gasteiger partial charge in [-0.2, -0.15) is 0 Å². The molecule has 0 unspecified atom stereocenters. The molecule has 0 atom stereocenters. The van der Waals surface area contributed by atoms with Gasteiger partial charge in [-0.05, 0) is 49.4 Å². The first kappa shape index (κ1) is 22.3. The van der Waals surface area contributed by atoms with E-state index in [1.54, 1.807) is 48.5 Å². The first-order valence-corrected chi connectivity index (χ1v) is 12.2. The average Bonchev–Trinajstić information content (AvgIpc) is 2.88. The molecule has 164 valence electrons. The third-order valence-electron chi connectivity index (χ3n) is 5.09. The van der Waals surface area contributed by atoms with E-state index in [9.17, 15) is 9.36 Å². The van der Waals surface area contributed by atoms with Gasteiger partial charge in [-0.25, -0.2) is 0 Å². The van der Waals surface area contributed by atoms with Crippen LogP contribution in [-0.2, 0) is 9.09 Å². The summed E-state index contributed by atoms with van der Waals surface area (Å²) in [4.78, 5) is 12.7. The van der Waals surface area contributed by atoms with Crippen molar-refractivity contribution in [1.82, 2.24) is 5.32 Å². The first-order chi connectivity index (χ1) is 16.1. The second kappa shape index (κ2) is 10.2. The molecule has 4 nitrogen and oxygen atoms in total. The molecular weight excluding hydrogens is 429 g/mol. The first-order valence-electron chi connectivity index (χ1n) is 10.6. The molecule has 0 saturated carbocycles. The van der Waals surface area contributed by atoms with Gasteiger partial charge in [-0.1, -0.05) is 78.4 Å². The molecule has 0 bridgehead atoms. The Balaban J connectivity index is 1.77. The molecule has 0 aliphatic rings. The van der Waals surface area contributed by atoms with Gasteiger partial charge in [0.25, 0.3) is 5.91 Å². The van der Waals surface area contributed by atoms with Gasteiger partial charge >= 0.3 is 7.37 Å². The van der Waals surface area contributed by atoms with Crippen LogP contribution in [0.5, 0.6) is 0 Å². The number of carbonyl (C=O) groups is 1. The number of benzene rings is 4. The van der Waals surface area contributed by atoms with Crippen molar-refractivity contribution in [2.45, 2.75) is 6.92 Å². The molecule has 4 rings (SSSR count). The standard InChI is InChI=1S/C28H24NO3P/c1-22-12-11-15-24(20-22)27(21-29-28(30)23-13-5-2-6-14-23)32-33(31,25-16-7-3-8-17-25)26-18-9-4-10-19-26/h2-21H,1H3,(H,29,30). The van der Waals surface area contributed by atoms with Crippen LogP contribution in [0.25, 0.3) is 5.76 Å². The second-order valence-corrected chi connectivity index (χ2v) is 9.85. The highest BCUT2D eigenvalue weighted by atomic mass is 31.2. The number of rotatable bonds is 7. The summed E-state index contributed by atoms with van der Waals surface area (Å²) in [7, 11) is -3.51. The van der Waals surface area contributed by atoms with Crippen molar-refractivity contribution in [3.63, 3.8) is 0 Å². The van der Waals surface area contributed by atoms with Crippen LogP contribution in [0.2, 0.25) is 0 Å². The Labute approximate surface area is 194 Å². The maximum atomic E-state index is 14.4. The molecule has 0 spiro atoms. The molecule has 4 aromatic carbocycles. The normalized spacial score (nSPS) is 11.6. The number of nitrogens with one attached hydrogen (secondary N) is 1. The number of hydrogen-bond acceptors (Lipinski definition) is 3. The monoisotopic (exact) mass is 453 g/mol. The number of carbonyl (C=O) groups excluding carboxylic acids is 1. The predicted molar refractivity (Wildman–Crippen MR) is 134 cm³/mol. The van der Waals surface area contributed by atoms with Crippen molar-refractivity contribution >= 4 is 29.6 Å². The molecule has 4 aromatic rings. The van der Waals surface area contributed by atoms with Crippen LogP contribution < -0.4 is 15.9 Å². The fourth-order valence-corrected chi connectivity index (χ4v) is 5.48. The summed E-state index contributed by atoms with van der Waals surface area (Å²) in [5, 5.41) is 3.94. The SMILES string of the molecule is Cc1cccc(C(=CNC(=O)c2ccccc2)OP(=O)(c2ccccc2)c2ccccc2)c1. The zero-order valence-electron chi connectivity index (χ0n) is 18.2. The molecule has 0 radical (unpaired) electrons. The lowest BCUT2D eigenvalue weighted by Crippen LogP contribution is -2.20. The molecule has 0 aromatic heterocycles. The number of amides is 1. The van der Waals surface area contributed by atoms with E-state index in [2.05, 4.69) is 5.32 Å². The number of hydrogen-bond donors (Lipinski definition) is 1. The maximum Gasteiger partial charge on any atom is 0.306 e. The third-order valence-corrected chi connectivity index (χ3v) is 7.50. The van der Waals surface area contributed by atoms with Crippen molar-refractivity contribution < 1.29 is 13.9 Å². The molecule has 1 N–H and O–H groups in total. The van der Waals surface area contributed by atoms with E-state index in [1.165, 1.54) is 6.20 Å². The minimum absolute atomic E-state index is 0.279. The van der Waals surface area contributed by atoms with E-state index in [-0.39, 0.29) is 5.91 Å². The van der Waals surface area contributed by atoms with Gasteiger partial charge in [0.2, 0.25) is 0 Å². The zero-order valence-corrected chi connectivity index (χ0v) is 19.1. The quantitative estimate of drug-likeness (QED) is 0.290. The summed E-state index contributed by atoms with van der Waals surface area (Å²) in [6, 6.07) is 34.9. The van der Waals surface area contributed by atoms with Gasteiger partial charge in [-0.15, -0.1) is 0 Å². The fourth-order valence-electron chi connectivity index (χ4n) is 3.41. The van der Waals surface area contributed by atoms with Crippen molar-refractivity contribution in [1.29, 1.82) is 0 Å². The summed E-state index contributed by atoms with van der Waals surface area (Å²) in [5.41, 5.74) is 2.26. The maximum absolute atomic E-state index is 14.4. The van der Waals surface area contributed by atoms with Gasteiger partial charge in [0, 0.05) is 17.3 Å². The van der Waals surface area contributed by atoms with Gasteiger partial charge < -0.3 is 9.84 Å². The molecule has 0 saturated heterocycles. The van der Waals surface area contributed by atoms with Gasteiger partial charge in [0.05, 0.1) is 10.6 Å². The van der Waals surface area contributed by atoms with Crippen molar-refractivity contribution in [3.05, 3.63) is 138 Å². The lowest BCUT2D eigenvalue weighted by Gasteiger charge is -2.22. The molecule has 5 heteroatoms. The lowest BCUT2D eigenvalue weighted by molar-refractivity contribution is 0.0969. The zero-order chi connectivity index (χ0) is 23.1. The van der Waals surface area contributed by atoms with Crippen LogP contribution in [0.15, 0.2) is 121 Å².